The lowest BCUT2D eigenvalue weighted by Crippen LogP contribution is -2.50. The number of benzene rings is 1. The molecule has 182 valence electrons. The van der Waals surface area contributed by atoms with Crippen molar-refractivity contribution in [1.29, 1.82) is 0 Å². The number of carbonyl (C=O) groups is 1. The first-order chi connectivity index (χ1) is 16.6. The maximum absolute atomic E-state index is 13.6. The number of para-hydroxylation sites is 2. The number of amides is 1. The number of amidine groups is 1. The highest BCUT2D eigenvalue weighted by molar-refractivity contribution is 8.08. The van der Waals surface area contributed by atoms with E-state index in [9.17, 15) is 9.59 Å². The second-order valence-electron chi connectivity index (χ2n) is 9.93. The van der Waals surface area contributed by atoms with Gasteiger partial charge in [-0.2, -0.15) is 4.99 Å². The average Bonchev–Trinajstić information content (AvgIpc) is 3.07. The number of carbonyl (C=O) groups excluding carboxylic acids is 1. The Morgan fingerprint density at radius 2 is 1.62 bits per heavy atom. The second kappa shape index (κ2) is 10.2. The van der Waals surface area contributed by atoms with Gasteiger partial charge in [-0.3, -0.25) is 14.5 Å². The maximum Gasteiger partial charge on any atom is 0.303 e. The summed E-state index contributed by atoms with van der Waals surface area (Å²) in [6.07, 6.45) is 13.4. The first-order valence-corrected chi connectivity index (χ1v) is 13.3. The first kappa shape index (κ1) is 23.5. The fourth-order valence-corrected chi connectivity index (χ4v) is 6.68. The van der Waals surface area contributed by atoms with Crippen molar-refractivity contribution in [2.45, 2.75) is 94.8 Å². The smallest absolute Gasteiger partial charge is 0.303 e. The molecule has 1 amide bonds. The second-order valence-corrected chi connectivity index (χ2v) is 10.5. The number of nitrogens with zero attached hydrogens (tertiary/aromatic N) is 4. The third-order valence-electron chi connectivity index (χ3n) is 7.93. The fraction of sp³-hybridized carbons (Fsp3) is 0.600. The molecule has 0 spiro atoms. The molecule has 2 saturated heterocycles. The van der Waals surface area contributed by atoms with Crippen LogP contribution in [-0.2, 0) is 0 Å². The predicted octanol–water partition coefficient (Wildman–Crippen LogP) is 4.34. The highest BCUT2D eigenvalue weighted by Crippen LogP contribution is 2.44. The molecule has 2 bridgehead atoms. The molecule has 34 heavy (non-hydrogen) atoms. The van der Waals surface area contributed by atoms with Gasteiger partial charge in [-0.1, -0.05) is 44.2 Å². The minimum absolute atomic E-state index is 0.0165. The lowest BCUT2D eigenvalue weighted by Gasteiger charge is -2.45. The Morgan fingerprint density at radius 3 is 2.29 bits per heavy atom. The minimum atomic E-state index is -0.821. The summed E-state index contributed by atoms with van der Waals surface area (Å²) in [4.78, 5) is 37.0. The Hall–Kier alpha value is -2.23. The molecule has 3 N–H and O–H groups in total. The number of hydrogen-bond acceptors (Lipinski definition) is 6. The normalized spacial score (nSPS) is 27.0. The number of piperidine rings is 1. The largest absolute Gasteiger partial charge is 0.376 e. The van der Waals surface area contributed by atoms with E-state index in [2.05, 4.69) is 14.9 Å². The summed E-state index contributed by atoms with van der Waals surface area (Å²) in [5.74, 6) is -0.821. The zero-order valence-electron chi connectivity index (χ0n) is 19.4. The number of nitrogens with two attached hydrogens (primary N) is 1. The summed E-state index contributed by atoms with van der Waals surface area (Å²) >= 11 is 0.180. The van der Waals surface area contributed by atoms with Crippen LogP contribution >= 0.6 is 12.0 Å². The van der Waals surface area contributed by atoms with E-state index in [0.717, 1.165) is 18.4 Å². The Kier molecular flexibility index (Phi) is 7.04. The van der Waals surface area contributed by atoms with Gasteiger partial charge in [0.15, 0.2) is 10.9 Å². The molecular weight excluding hydrogens is 450 g/mol. The van der Waals surface area contributed by atoms with Crippen LogP contribution in [0, 0.1) is 0 Å². The molecule has 9 heteroatoms. The van der Waals surface area contributed by atoms with Crippen LogP contribution in [0.3, 0.4) is 0 Å². The van der Waals surface area contributed by atoms with Crippen molar-refractivity contribution in [3.8, 4) is 0 Å². The molecule has 3 aliphatic rings. The van der Waals surface area contributed by atoms with Crippen molar-refractivity contribution in [3.63, 3.8) is 0 Å². The SMILES string of the molecule is NC(=NC(=O)c1nc2ccccc2n(C2C[C@H]3CC[C@@H](C2)N3C2CCCCCCC2)c1=O)SO. The lowest BCUT2D eigenvalue weighted by molar-refractivity contribution is 0.0497. The van der Waals surface area contributed by atoms with E-state index in [4.69, 9.17) is 10.3 Å². The molecule has 3 fully saturated rings. The molecule has 8 nitrogen and oxygen atoms in total. The first-order valence-electron chi connectivity index (χ1n) is 12.6. The summed E-state index contributed by atoms with van der Waals surface area (Å²) in [6, 6.07) is 9.10. The van der Waals surface area contributed by atoms with Gasteiger partial charge in [-0.15, -0.1) is 0 Å². The van der Waals surface area contributed by atoms with Crippen molar-refractivity contribution < 1.29 is 9.35 Å². The number of aromatic nitrogens is 2. The summed E-state index contributed by atoms with van der Waals surface area (Å²) < 4.78 is 10.8. The fourth-order valence-electron chi connectivity index (χ4n) is 6.55. The van der Waals surface area contributed by atoms with Gasteiger partial charge in [0, 0.05) is 24.2 Å². The van der Waals surface area contributed by atoms with E-state index in [1.807, 2.05) is 24.3 Å². The predicted molar refractivity (Wildman–Crippen MR) is 135 cm³/mol. The van der Waals surface area contributed by atoms with Gasteiger partial charge < -0.3 is 14.9 Å². The molecule has 0 radical (unpaired) electrons. The summed E-state index contributed by atoms with van der Waals surface area (Å²) in [7, 11) is 0. The van der Waals surface area contributed by atoms with Crippen molar-refractivity contribution >= 4 is 34.2 Å². The van der Waals surface area contributed by atoms with Crippen LogP contribution in [0.2, 0.25) is 0 Å². The number of fused-ring (bicyclic) bond motifs is 3. The minimum Gasteiger partial charge on any atom is -0.376 e. The van der Waals surface area contributed by atoms with E-state index < -0.39 is 11.5 Å². The standard InChI is InChI=1S/C25H33N5O3S/c26-25(34-33)28-23(31)22-24(32)30(21-11-7-6-10-20(21)27-22)19-14-17-12-13-18(15-19)29(17)16-8-4-2-1-3-5-9-16/h6-7,10-11,16-19,33H,1-5,8-9,12-15H2,(H2,26,28,31)/t17-,18+,19?. The van der Waals surface area contributed by atoms with Gasteiger partial charge >= 0.3 is 5.91 Å². The van der Waals surface area contributed by atoms with Crippen molar-refractivity contribution in [2.24, 2.45) is 10.7 Å². The molecule has 1 aromatic carbocycles. The number of hydrogen-bond donors (Lipinski definition) is 2. The van der Waals surface area contributed by atoms with Crippen LogP contribution < -0.4 is 11.3 Å². The molecule has 1 unspecified atom stereocenters. The molecule has 3 heterocycles. The Morgan fingerprint density at radius 1 is 0.971 bits per heavy atom. The topological polar surface area (TPSA) is 114 Å². The van der Waals surface area contributed by atoms with E-state index >= 15 is 0 Å². The van der Waals surface area contributed by atoms with E-state index in [-0.39, 0.29) is 28.9 Å². The molecule has 2 aromatic rings. The van der Waals surface area contributed by atoms with Gasteiger partial charge in [0.05, 0.1) is 23.1 Å². The quantitative estimate of drug-likeness (QED) is 0.379. The molecule has 1 aliphatic carbocycles. The third-order valence-corrected chi connectivity index (χ3v) is 8.21. The lowest BCUT2D eigenvalue weighted by atomic mass is 9.89. The van der Waals surface area contributed by atoms with E-state index in [0.29, 0.717) is 23.6 Å². The van der Waals surface area contributed by atoms with Crippen LogP contribution in [0.4, 0.5) is 0 Å². The Balaban J connectivity index is 1.49. The summed E-state index contributed by atoms with van der Waals surface area (Å²) in [5, 5.41) is -0.309. The van der Waals surface area contributed by atoms with Gasteiger partial charge in [0.1, 0.15) is 0 Å². The van der Waals surface area contributed by atoms with Crippen molar-refractivity contribution in [3.05, 3.63) is 40.3 Å². The molecule has 2 aliphatic heterocycles. The van der Waals surface area contributed by atoms with Gasteiger partial charge in [0.25, 0.3) is 5.56 Å². The molecular formula is C25H33N5O3S. The van der Waals surface area contributed by atoms with E-state index in [1.54, 1.807) is 4.57 Å². The highest BCUT2D eigenvalue weighted by Gasteiger charge is 2.44. The van der Waals surface area contributed by atoms with Gasteiger partial charge in [0.2, 0.25) is 0 Å². The zero-order chi connectivity index (χ0) is 23.7. The van der Waals surface area contributed by atoms with Gasteiger partial charge in [-0.25, -0.2) is 4.98 Å². The summed E-state index contributed by atoms with van der Waals surface area (Å²) in [6.45, 7) is 0. The van der Waals surface area contributed by atoms with Crippen LogP contribution in [0.25, 0.3) is 11.0 Å². The molecule has 3 atom stereocenters. The molecule has 1 aromatic heterocycles. The monoisotopic (exact) mass is 483 g/mol. The van der Waals surface area contributed by atoms with Crippen molar-refractivity contribution in [1.82, 2.24) is 14.5 Å². The van der Waals surface area contributed by atoms with Crippen molar-refractivity contribution in [2.75, 3.05) is 0 Å². The van der Waals surface area contributed by atoms with Gasteiger partial charge in [-0.05, 0) is 50.7 Å². The number of aliphatic imine (C=N–C) groups is 1. The Bertz CT molecular complexity index is 1130. The average molecular weight is 484 g/mol. The third kappa shape index (κ3) is 4.53. The molecule has 1 saturated carbocycles. The van der Waals surface area contributed by atoms with E-state index in [1.165, 1.54) is 57.8 Å². The van der Waals surface area contributed by atoms with Crippen LogP contribution in [0.5, 0.6) is 0 Å². The summed E-state index contributed by atoms with van der Waals surface area (Å²) in [5.41, 5.74) is 6.18. The van der Waals surface area contributed by atoms with Crippen LogP contribution in [-0.4, -0.2) is 48.2 Å². The maximum atomic E-state index is 13.6. The Labute approximate surface area is 203 Å². The zero-order valence-corrected chi connectivity index (χ0v) is 20.3. The highest BCUT2D eigenvalue weighted by atomic mass is 32.2. The molecule has 5 rings (SSSR count). The van der Waals surface area contributed by atoms with Crippen LogP contribution in [0.15, 0.2) is 34.1 Å². The number of rotatable bonds is 3. The van der Waals surface area contributed by atoms with Crippen LogP contribution in [0.1, 0.15) is 87.2 Å².